The van der Waals surface area contributed by atoms with Crippen LogP contribution in [0, 0.1) is 0 Å². The highest BCUT2D eigenvalue weighted by molar-refractivity contribution is 6.37. The predicted molar refractivity (Wildman–Crippen MR) is 119 cm³/mol. The van der Waals surface area contributed by atoms with Crippen molar-refractivity contribution in [2.75, 3.05) is 32.2 Å². The molecule has 7 heteroatoms. The Morgan fingerprint density at radius 3 is 2.35 bits per heavy atom. The number of nitrogens with one attached hydrogen (secondary N) is 1. The Morgan fingerprint density at radius 1 is 0.968 bits per heavy atom. The molecule has 0 saturated carbocycles. The molecule has 31 heavy (non-hydrogen) atoms. The molecule has 0 fully saturated rings. The number of methoxy groups -OCH3 is 1. The number of imide groups is 1. The van der Waals surface area contributed by atoms with Crippen molar-refractivity contribution in [3.05, 3.63) is 66.4 Å². The topological polar surface area (TPSA) is 77.1 Å². The van der Waals surface area contributed by atoms with Gasteiger partial charge in [0.2, 0.25) is 0 Å². The van der Waals surface area contributed by atoms with Crippen molar-refractivity contribution in [2.45, 2.75) is 13.8 Å². The zero-order chi connectivity index (χ0) is 22.4. The maximum Gasteiger partial charge on any atom is 0.278 e. The number of hydrogen-bond acceptors (Lipinski definition) is 6. The number of ether oxygens (including phenoxy) is 3. The van der Waals surface area contributed by atoms with E-state index in [1.54, 1.807) is 42.5 Å². The van der Waals surface area contributed by atoms with Crippen LogP contribution < -0.4 is 19.5 Å². The van der Waals surface area contributed by atoms with E-state index >= 15 is 0 Å². The fourth-order valence-corrected chi connectivity index (χ4v) is 3.36. The molecule has 0 saturated heterocycles. The molecule has 2 amide bonds. The van der Waals surface area contributed by atoms with E-state index in [0.29, 0.717) is 41.7 Å². The highest BCUT2D eigenvalue weighted by atomic mass is 16.5. The van der Waals surface area contributed by atoms with Crippen LogP contribution in [-0.2, 0) is 9.59 Å². The zero-order valence-electron chi connectivity index (χ0n) is 17.9. The number of nitrogens with zero attached hydrogens (tertiary/aromatic N) is 1. The van der Waals surface area contributed by atoms with E-state index in [1.807, 2.05) is 13.8 Å². The lowest BCUT2D eigenvalue weighted by Crippen LogP contribution is -2.32. The van der Waals surface area contributed by atoms with Gasteiger partial charge in [0, 0.05) is 23.9 Å². The summed E-state index contributed by atoms with van der Waals surface area (Å²) in [5, 5.41) is 3.12. The summed E-state index contributed by atoms with van der Waals surface area (Å²) in [4.78, 5) is 27.4. The average molecular weight is 422 g/mol. The van der Waals surface area contributed by atoms with Crippen LogP contribution in [0.3, 0.4) is 0 Å². The highest BCUT2D eigenvalue weighted by Gasteiger charge is 2.39. The highest BCUT2D eigenvalue weighted by Crippen LogP contribution is 2.37. The SMILES string of the molecule is C=CCN1C(=O)C(Nc2ccc(OCC)c(OCC)c2)=C(c2ccccc2OC)C1=O. The number of hydrogen-bond donors (Lipinski definition) is 1. The Kier molecular flexibility index (Phi) is 6.97. The normalized spacial score (nSPS) is 13.5. The summed E-state index contributed by atoms with van der Waals surface area (Å²) in [5.41, 5.74) is 1.54. The van der Waals surface area contributed by atoms with Gasteiger partial charge in [-0.25, -0.2) is 0 Å². The zero-order valence-corrected chi connectivity index (χ0v) is 17.9. The minimum atomic E-state index is -0.433. The summed E-state index contributed by atoms with van der Waals surface area (Å²) in [6.45, 7) is 8.49. The van der Waals surface area contributed by atoms with Crippen LogP contribution >= 0.6 is 0 Å². The summed E-state index contributed by atoms with van der Waals surface area (Å²) in [7, 11) is 1.52. The van der Waals surface area contributed by atoms with E-state index in [2.05, 4.69) is 11.9 Å². The molecule has 0 atom stereocenters. The first-order valence-corrected chi connectivity index (χ1v) is 10.1. The summed E-state index contributed by atoms with van der Waals surface area (Å²) >= 11 is 0. The predicted octanol–water partition coefficient (Wildman–Crippen LogP) is 3.87. The molecule has 0 bridgehead atoms. The van der Waals surface area contributed by atoms with E-state index in [4.69, 9.17) is 14.2 Å². The number of benzene rings is 2. The van der Waals surface area contributed by atoms with Crippen LogP contribution in [0.25, 0.3) is 5.57 Å². The third-order valence-electron chi connectivity index (χ3n) is 4.67. The van der Waals surface area contributed by atoms with Gasteiger partial charge >= 0.3 is 0 Å². The van der Waals surface area contributed by atoms with Crippen molar-refractivity contribution in [1.82, 2.24) is 4.90 Å². The van der Waals surface area contributed by atoms with Crippen molar-refractivity contribution in [2.24, 2.45) is 0 Å². The fraction of sp³-hybridized carbons (Fsp3) is 0.250. The molecule has 3 rings (SSSR count). The second-order valence-corrected chi connectivity index (χ2v) is 6.61. The second-order valence-electron chi connectivity index (χ2n) is 6.61. The Balaban J connectivity index is 2.09. The lowest BCUT2D eigenvalue weighted by molar-refractivity contribution is -0.136. The Morgan fingerprint density at radius 2 is 1.68 bits per heavy atom. The molecule has 0 aromatic heterocycles. The molecule has 0 spiro atoms. The van der Waals surface area contributed by atoms with Gasteiger partial charge in [-0.1, -0.05) is 24.3 Å². The largest absolute Gasteiger partial charge is 0.496 e. The molecule has 1 heterocycles. The van der Waals surface area contributed by atoms with Crippen LogP contribution in [-0.4, -0.2) is 43.6 Å². The van der Waals surface area contributed by atoms with Gasteiger partial charge in [-0.2, -0.15) is 0 Å². The number of amides is 2. The Labute approximate surface area is 181 Å². The molecular formula is C24H26N2O5. The van der Waals surface area contributed by atoms with Crippen molar-refractivity contribution in [3.63, 3.8) is 0 Å². The van der Waals surface area contributed by atoms with Crippen molar-refractivity contribution in [1.29, 1.82) is 0 Å². The fourth-order valence-electron chi connectivity index (χ4n) is 3.36. The number of carbonyl (C=O) groups excluding carboxylic acids is 2. The molecule has 2 aromatic rings. The smallest absolute Gasteiger partial charge is 0.278 e. The maximum atomic E-state index is 13.1. The molecule has 162 valence electrons. The van der Waals surface area contributed by atoms with Crippen molar-refractivity contribution < 1.29 is 23.8 Å². The summed E-state index contributed by atoms with van der Waals surface area (Å²) in [6, 6.07) is 12.4. The minimum Gasteiger partial charge on any atom is -0.496 e. The van der Waals surface area contributed by atoms with Crippen LogP contribution in [0.1, 0.15) is 19.4 Å². The van der Waals surface area contributed by atoms with Gasteiger partial charge in [0.15, 0.2) is 11.5 Å². The molecule has 0 aliphatic carbocycles. The van der Waals surface area contributed by atoms with E-state index in [0.717, 1.165) is 4.90 Å². The number of rotatable bonds is 10. The van der Waals surface area contributed by atoms with Gasteiger partial charge in [0.25, 0.3) is 11.8 Å². The van der Waals surface area contributed by atoms with Gasteiger partial charge in [0.05, 0.1) is 25.9 Å². The second kappa shape index (κ2) is 9.84. The van der Waals surface area contributed by atoms with Gasteiger partial charge in [-0.05, 0) is 32.0 Å². The summed E-state index contributed by atoms with van der Waals surface area (Å²) in [5.74, 6) is 0.815. The first kappa shape index (κ1) is 22.0. The molecule has 7 nitrogen and oxygen atoms in total. The number of anilines is 1. The molecule has 1 aliphatic rings. The monoisotopic (exact) mass is 422 g/mol. The quantitative estimate of drug-likeness (QED) is 0.463. The van der Waals surface area contributed by atoms with Crippen LogP contribution in [0.15, 0.2) is 60.8 Å². The van der Waals surface area contributed by atoms with E-state index in [9.17, 15) is 9.59 Å². The molecule has 0 unspecified atom stereocenters. The van der Waals surface area contributed by atoms with E-state index in [1.165, 1.54) is 13.2 Å². The third-order valence-corrected chi connectivity index (χ3v) is 4.67. The van der Waals surface area contributed by atoms with Gasteiger partial charge in [-0.15, -0.1) is 6.58 Å². The van der Waals surface area contributed by atoms with Crippen molar-refractivity contribution >= 4 is 23.1 Å². The Hall–Kier alpha value is -3.74. The minimum absolute atomic E-state index is 0.106. The maximum absolute atomic E-state index is 13.1. The van der Waals surface area contributed by atoms with Crippen LogP contribution in [0.2, 0.25) is 0 Å². The molecule has 0 radical (unpaired) electrons. The lowest BCUT2D eigenvalue weighted by atomic mass is 10.0. The lowest BCUT2D eigenvalue weighted by Gasteiger charge is -2.15. The first-order chi connectivity index (χ1) is 15.0. The van der Waals surface area contributed by atoms with E-state index in [-0.39, 0.29) is 17.8 Å². The summed E-state index contributed by atoms with van der Waals surface area (Å²) in [6.07, 6.45) is 1.52. The van der Waals surface area contributed by atoms with E-state index < -0.39 is 11.8 Å². The first-order valence-electron chi connectivity index (χ1n) is 10.1. The molecule has 1 aliphatic heterocycles. The van der Waals surface area contributed by atoms with Gasteiger partial charge in [0.1, 0.15) is 11.4 Å². The molecular weight excluding hydrogens is 396 g/mol. The number of para-hydroxylation sites is 1. The van der Waals surface area contributed by atoms with Crippen LogP contribution in [0.4, 0.5) is 5.69 Å². The van der Waals surface area contributed by atoms with Gasteiger partial charge < -0.3 is 19.5 Å². The summed E-state index contributed by atoms with van der Waals surface area (Å²) < 4.78 is 16.7. The third kappa shape index (κ3) is 4.40. The van der Waals surface area contributed by atoms with Crippen LogP contribution in [0.5, 0.6) is 17.2 Å². The standard InChI is InChI=1S/C24H26N2O5/c1-5-14-26-23(27)21(17-10-8-9-11-18(17)29-4)22(24(26)28)25-16-12-13-19(30-6-2)20(15-16)31-7-3/h5,8-13,15,25H,1,6-7,14H2,2-4H3. The van der Waals surface area contributed by atoms with Crippen molar-refractivity contribution in [3.8, 4) is 17.2 Å². The average Bonchev–Trinajstić information content (AvgIpc) is 3.00. The molecule has 2 aromatic carbocycles. The molecule has 1 N–H and O–H groups in total. The Bertz CT molecular complexity index is 1030. The number of carbonyl (C=O) groups is 2. The van der Waals surface area contributed by atoms with Gasteiger partial charge in [-0.3, -0.25) is 14.5 Å².